The first kappa shape index (κ1) is 11.1. The number of aromatic amines is 1. The van der Waals surface area contributed by atoms with Crippen LogP contribution in [0.1, 0.15) is 10.5 Å². The van der Waals surface area contributed by atoms with Crippen LogP contribution >= 0.6 is 0 Å². The predicted molar refractivity (Wildman–Crippen MR) is 65.7 cm³/mol. The molecule has 1 aromatic carbocycles. The highest BCUT2D eigenvalue weighted by Gasteiger charge is 2.08. The van der Waals surface area contributed by atoms with E-state index in [-0.39, 0.29) is 11.6 Å². The molecular formula is C11H9N7O. The van der Waals surface area contributed by atoms with Gasteiger partial charge in [-0.15, -0.1) is 0 Å². The molecule has 19 heavy (non-hydrogen) atoms. The highest BCUT2D eigenvalue weighted by Crippen LogP contribution is 2.12. The summed E-state index contributed by atoms with van der Waals surface area (Å²) in [6.07, 6.45) is 4.55. The van der Waals surface area contributed by atoms with Gasteiger partial charge in [0, 0.05) is 5.69 Å². The Hall–Kier alpha value is -3.03. The van der Waals surface area contributed by atoms with Crippen molar-refractivity contribution in [3.05, 3.63) is 48.5 Å². The SMILES string of the molecule is O=C(Nc1ccc(-n2nccn2)cc1)c1cn[nH]n1. The number of hydrogen-bond donors (Lipinski definition) is 2. The van der Waals surface area contributed by atoms with Crippen molar-refractivity contribution in [2.45, 2.75) is 0 Å². The Labute approximate surface area is 107 Å². The minimum Gasteiger partial charge on any atom is -0.321 e. The van der Waals surface area contributed by atoms with Crippen molar-refractivity contribution in [1.29, 1.82) is 0 Å². The topological polar surface area (TPSA) is 101 Å². The third-order valence-corrected chi connectivity index (χ3v) is 2.42. The molecule has 0 atom stereocenters. The second-order valence-corrected chi connectivity index (χ2v) is 3.67. The molecule has 94 valence electrons. The van der Waals surface area contributed by atoms with E-state index >= 15 is 0 Å². The summed E-state index contributed by atoms with van der Waals surface area (Å²) in [5, 5.41) is 20.4. The van der Waals surface area contributed by atoms with E-state index in [1.807, 2.05) is 0 Å². The van der Waals surface area contributed by atoms with Gasteiger partial charge in [0.25, 0.3) is 5.91 Å². The van der Waals surface area contributed by atoms with Gasteiger partial charge in [0.15, 0.2) is 5.69 Å². The molecule has 8 nitrogen and oxygen atoms in total. The van der Waals surface area contributed by atoms with E-state index < -0.39 is 0 Å². The van der Waals surface area contributed by atoms with E-state index in [0.717, 1.165) is 5.69 Å². The molecule has 0 saturated carbocycles. The van der Waals surface area contributed by atoms with Crippen LogP contribution in [-0.2, 0) is 0 Å². The molecule has 0 bridgehead atoms. The zero-order valence-corrected chi connectivity index (χ0v) is 9.69. The van der Waals surface area contributed by atoms with Crippen LogP contribution in [0, 0.1) is 0 Å². The third-order valence-electron chi connectivity index (χ3n) is 2.42. The van der Waals surface area contributed by atoms with Crippen LogP contribution in [0.15, 0.2) is 42.9 Å². The van der Waals surface area contributed by atoms with Gasteiger partial charge in [-0.2, -0.15) is 30.4 Å². The van der Waals surface area contributed by atoms with Crippen molar-refractivity contribution >= 4 is 11.6 Å². The number of H-pyrrole nitrogens is 1. The summed E-state index contributed by atoms with van der Waals surface area (Å²) in [5.74, 6) is -0.321. The summed E-state index contributed by atoms with van der Waals surface area (Å²) in [6.45, 7) is 0. The normalized spacial score (nSPS) is 10.3. The molecular weight excluding hydrogens is 246 g/mol. The maximum absolute atomic E-state index is 11.7. The maximum Gasteiger partial charge on any atom is 0.277 e. The van der Waals surface area contributed by atoms with Crippen LogP contribution in [0.4, 0.5) is 5.69 Å². The van der Waals surface area contributed by atoms with E-state index in [1.165, 1.54) is 11.0 Å². The lowest BCUT2D eigenvalue weighted by Crippen LogP contribution is -2.12. The van der Waals surface area contributed by atoms with Crippen LogP contribution in [0.5, 0.6) is 0 Å². The Bertz CT molecular complexity index is 658. The van der Waals surface area contributed by atoms with Crippen LogP contribution in [0.25, 0.3) is 5.69 Å². The van der Waals surface area contributed by atoms with Gasteiger partial charge in [0.1, 0.15) is 0 Å². The van der Waals surface area contributed by atoms with Crippen molar-refractivity contribution in [3.63, 3.8) is 0 Å². The van der Waals surface area contributed by atoms with Gasteiger partial charge in [-0.1, -0.05) is 0 Å². The molecule has 0 spiro atoms. The first-order valence-electron chi connectivity index (χ1n) is 5.47. The highest BCUT2D eigenvalue weighted by molar-refractivity contribution is 6.02. The van der Waals surface area contributed by atoms with Crippen LogP contribution in [-0.4, -0.2) is 36.3 Å². The minimum atomic E-state index is -0.321. The average molecular weight is 255 g/mol. The Balaban J connectivity index is 1.75. The first-order valence-corrected chi connectivity index (χ1v) is 5.47. The fourth-order valence-electron chi connectivity index (χ4n) is 1.53. The molecule has 0 unspecified atom stereocenters. The maximum atomic E-state index is 11.7. The largest absolute Gasteiger partial charge is 0.321 e. The Kier molecular flexibility index (Phi) is 2.73. The quantitative estimate of drug-likeness (QED) is 0.715. The number of aromatic nitrogens is 6. The summed E-state index contributed by atoms with van der Waals surface area (Å²) in [7, 11) is 0. The number of amides is 1. The van der Waals surface area contributed by atoms with Crippen LogP contribution < -0.4 is 5.32 Å². The summed E-state index contributed by atoms with van der Waals surface area (Å²) >= 11 is 0. The molecule has 8 heteroatoms. The third kappa shape index (κ3) is 2.32. The molecule has 1 amide bonds. The zero-order chi connectivity index (χ0) is 13.1. The molecule has 0 radical (unpaired) electrons. The number of nitrogens with zero attached hydrogens (tertiary/aromatic N) is 5. The van der Waals surface area contributed by atoms with Crippen molar-refractivity contribution < 1.29 is 4.79 Å². The Morgan fingerprint density at radius 1 is 1.16 bits per heavy atom. The second-order valence-electron chi connectivity index (χ2n) is 3.67. The molecule has 0 fully saturated rings. The summed E-state index contributed by atoms with van der Waals surface area (Å²) in [5.41, 5.74) is 1.70. The standard InChI is InChI=1S/C11H9N7O/c19-11(10-7-12-17-16-10)15-8-1-3-9(4-2-8)18-13-5-6-14-18/h1-7H,(H,15,19)(H,12,16,17). The predicted octanol–water partition coefficient (Wildman–Crippen LogP) is 0.638. The van der Waals surface area contributed by atoms with Gasteiger partial charge in [0.05, 0.1) is 24.3 Å². The van der Waals surface area contributed by atoms with Crippen molar-refractivity contribution in [1.82, 2.24) is 30.4 Å². The Morgan fingerprint density at radius 2 is 1.89 bits per heavy atom. The van der Waals surface area contributed by atoms with Gasteiger partial charge in [-0.3, -0.25) is 4.79 Å². The monoisotopic (exact) mass is 255 g/mol. The van der Waals surface area contributed by atoms with E-state index in [2.05, 4.69) is 30.9 Å². The van der Waals surface area contributed by atoms with E-state index in [0.29, 0.717) is 5.69 Å². The molecule has 2 aromatic heterocycles. The number of hydrogen-bond acceptors (Lipinski definition) is 5. The molecule has 0 saturated heterocycles. The number of nitrogens with one attached hydrogen (secondary N) is 2. The highest BCUT2D eigenvalue weighted by atomic mass is 16.2. The molecule has 3 rings (SSSR count). The Morgan fingerprint density at radius 3 is 2.53 bits per heavy atom. The van der Waals surface area contributed by atoms with Crippen molar-refractivity contribution in [3.8, 4) is 5.69 Å². The molecule has 2 N–H and O–H groups in total. The van der Waals surface area contributed by atoms with Crippen LogP contribution in [0.2, 0.25) is 0 Å². The summed E-state index contributed by atoms with van der Waals surface area (Å²) in [4.78, 5) is 13.2. The molecule has 3 aromatic rings. The van der Waals surface area contributed by atoms with Gasteiger partial charge in [0.2, 0.25) is 0 Å². The molecule has 0 aliphatic heterocycles. The lowest BCUT2D eigenvalue weighted by Gasteiger charge is -2.04. The number of anilines is 1. The number of carbonyl (C=O) groups is 1. The van der Waals surface area contributed by atoms with Gasteiger partial charge >= 0.3 is 0 Å². The van der Waals surface area contributed by atoms with Crippen molar-refractivity contribution in [2.24, 2.45) is 0 Å². The smallest absolute Gasteiger partial charge is 0.277 e. The minimum absolute atomic E-state index is 0.234. The zero-order valence-electron chi connectivity index (χ0n) is 9.69. The average Bonchev–Trinajstić information content (AvgIpc) is 3.13. The fraction of sp³-hybridized carbons (Fsp3) is 0. The summed E-state index contributed by atoms with van der Waals surface area (Å²) < 4.78 is 0. The lowest BCUT2D eigenvalue weighted by atomic mass is 10.3. The molecule has 0 aliphatic rings. The van der Waals surface area contributed by atoms with Crippen LogP contribution in [0.3, 0.4) is 0 Å². The van der Waals surface area contributed by atoms with E-state index in [4.69, 9.17) is 0 Å². The fourth-order valence-corrected chi connectivity index (χ4v) is 1.53. The summed E-state index contributed by atoms with van der Waals surface area (Å²) in [6, 6.07) is 7.13. The first-order chi connectivity index (χ1) is 9.33. The number of rotatable bonds is 3. The second kappa shape index (κ2) is 4.69. The van der Waals surface area contributed by atoms with E-state index in [1.54, 1.807) is 36.7 Å². The lowest BCUT2D eigenvalue weighted by molar-refractivity contribution is 0.102. The number of benzene rings is 1. The molecule has 2 heterocycles. The van der Waals surface area contributed by atoms with Gasteiger partial charge in [-0.05, 0) is 24.3 Å². The number of carbonyl (C=O) groups excluding carboxylic acids is 1. The van der Waals surface area contributed by atoms with Gasteiger partial charge in [-0.25, -0.2) is 0 Å². The van der Waals surface area contributed by atoms with E-state index in [9.17, 15) is 4.79 Å². The van der Waals surface area contributed by atoms with Gasteiger partial charge < -0.3 is 5.32 Å². The molecule has 0 aliphatic carbocycles. The van der Waals surface area contributed by atoms with Crippen molar-refractivity contribution in [2.75, 3.05) is 5.32 Å².